The van der Waals surface area contributed by atoms with E-state index in [0.717, 1.165) is 17.8 Å². The van der Waals surface area contributed by atoms with Gasteiger partial charge in [-0.05, 0) is 42.4 Å². The highest BCUT2D eigenvalue weighted by molar-refractivity contribution is 4.85. The molecule has 1 aliphatic rings. The van der Waals surface area contributed by atoms with E-state index in [1.165, 1.54) is 44.9 Å². The smallest absolute Gasteiger partial charge is 0.0243 e. The largest absolute Gasteiger partial charge is 0.271 e. The lowest BCUT2D eigenvalue weighted by Crippen LogP contribution is -2.45. The first kappa shape index (κ1) is 17.0. The zero-order valence-corrected chi connectivity index (χ0v) is 13.8. The van der Waals surface area contributed by atoms with Crippen molar-refractivity contribution in [2.24, 2.45) is 29.0 Å². The van der Waals surface area contributed by atoms with Gasteiger partial charge < -0.3 is 0 Å². The Balaban J connectivity index is 2.56. The third-order valence-corrected chi connectivity index (χ3v) is 4.84. The zero-order valence-electron chi connectivity index (χ0n) is 13.8. The van der Waals surface area contributed by atoms with Gasteiger partial charge in [0, 0.05) is 6.04 Å². The number of hydrazine groups is 1. The molecule has 0 aromatic carbocycles. The average molecular weight is 268 g/mol. The monoisotopic (exact) mass is 268 g/mol. The molecule has 3 N–H and O–H groups in total. The summed E-state index contributed by atoms with van der Waals surface area (Å²) in [5.41, 5.74) is 3.58. The number of nitrogens with two attached hydrogens (primary N) is 1. The van der Waals surface area contributed by atoms with E-state index >= 15 is 0 Å². The van der Waals surface area contributed by atoms with Crippen molar-refractivity contribution in [3.8, 4) is 0 Å². The van der Waals surface area contributed by atoms with Crippen LogP contribution in [-0.2, 0) is 0 Å². The summed E-state index contributed by atoms with van der Waals surface area (Å²) in [4.78, 5) is 0. The van der Waals surface area contributed by atoms with Crippen LogP contribution in [0.3, 0.4) is 0 Å². The molecule has 4 unspecified atom stereocenters. The number of rotatable bonds is 6. The van der Waals surface area contributed by atoms with Crippen LogP contribution in [0.15, 0.2) is 0 Å². The first-order chi connectivity index (χ1) is 8.87. The van der Waals surface area contributed by atoms with Gasteiger partial charge >= 0.3 is 0 Å². The second kappa shape index (κ2) is 7.64. The molecule has 0 bridgehead atoms. The molecular weight excluding hydrogens is 232 g/mol. The predicted octanol–water partition coefficient (Wildman–Crippen LogP) is 4.50. The quantitative estimate of drug-likeness (QED) is 0.550. The Labute approximate surface area is 120 Å². The van der Waals surface area contributed by atoms with Gasteiger partial charge in [-0.2, -0.15) is 0 Å². The molecule has 0 heterocycles. The molecule has 1 saturated carbocycles. The third kappa shape index (κ3) is 5.83. The molecule has 4 atom stereocenters. The van der Waals surface area contributed by atoms with Gasteiger partial charge in [0.15, 0.2) is 0 Å². The molecule has 19 heavy (non-hydrogen) atoms. The Morgan fingerprint density at radius 1 is 1.21 bits per heavy atom. The standard InChI is InChI=1S/C17H36N2/c1-6-14-9-7-8-10-15(14)16(19-18)11-13(2)12-17(3,4)5/h13-16,19H,6-12,18H2,1-5H3. The van der Waals surface area contributed by atoms with Crippen molar-refractivity contribution in [1.82, 2.24) is 5.43 Å². The Bertz CT molecular complexity index is 244. The van der Waals surface area contributed by atoms with E-state index in [2.05, 4.69) is 40.0 Å². The molecule has 1 fully saturated rings. The second-order valence-corrected chi connectivity index (χ2v) is 8.00. The Hall–Kier alpha value is -0.0800. The highest BCUT2D eigenvalue weighted by atomic mass is 15.2. The maximum atomic E-state index is 5.88. The van der Waals surface area contributed by atoms with Crippen molar-refractivity contribution in [2.45, 2.75) is 85.6 Å². The average Bonchev–Trinajstić information content (AvgIpc) is 2.33. The molecule has 0 saturated heterocycles. The van der Waals surface area contributed by atoms with Crippen LogP contribution in [0.25, 0.3) is 0 Å². The number of hydrogen-bond donors (Lipinski definition) is 2. The lowest BCUT2D eigenvalue weighted by molar-refractivity contribution is 0.150. The SMILES string of the molecule is CCC1CCCCC1C(CC(C)CC(C)(C)C)NN. The molecular formula is C17H36N2. The summed E-state index contributed by atoms with van der Waals surface area (Å²) in [5.74, 6) is 8.32. The van der Waals surface area contributed by atoms with Crippen molar-refractivity contribution < 1.29 is 0 Å². The lowest BCUT2D eigenvalue weighted by atomic mass is 9.71. The van der Waals surface area contributed by atoms with Gasteiger partial charge in [-0.3, -0.25) is 11.3 Å². The van der Waals surface area contributed by atoms with Gasteiger partial charge in [0.1, 0.15) is 0 Å². The van der Waals surface area contributed by atoms with Gasteiger partial charge in [-0.25, -0.2) is 0 Å². The predicted molar refractivity (Wildman–Crippen MR) is 84.7 cm³/mol. The van der Waals surface area contributed by atoms with Crippen LogP contribution in [-0.4, -0.2) is 6.04 Å². The molecule has 2 heteroatoms. The maximum absolute atomic E-state index is 5.88. The summed E-state index contributed by atoms with van der Waals surface area (Å²) in [5, 5.41) is 0. The molecule has 0 spiro atoms. The van der Waals surface area contributed by atoms with Crippen LogP contribution in [0.5, 0.6) is 0 Å². The molecule has 0 aromatic rings. The van der Waals surface area contributed by atoms with E-state index in [1.54, 1.807) is 0 Å². The van der Waals surface area contributed by atoms with E-state index < -0.39 is 0 Å². The Kier molecular flexibility index (Phi) is 6.82. The fourth-order valence-corrected chi connectivity index (χ4v) is 4.20. The first-order valence-corrected chi connectivity index (χ1v) is 8.33. The molecule has 0 amide bonds. The minimum Gasteiger partial charge on any atom is -0.271 e. The van der Waals surface area contributed by atoms with Crippen LogP contribution < -0.4 is 11.3 Å². The van der Waals surface area contributed by atoms with Crippen LogP contribution in [0.2, 0.25) is 0 Å². The summed E-state index contributed by atoms with van der Waals surface area (Å²) in [6.07, 6.45) is 9.43. The summed E-state index contributed by atoms with van der Waals surface area (Å²) < 4.78 is 0. The summed E-state index contributed by atoms with van der Waals surface area (Å²) in [6.45, 7) is 11.7. The van der Waals surface area contributed by atoms with E-state index in [0.29, 0.717) is 11.5 Å². The van der Waals surface area contributed by atoms with Gasteiger partial charge in [-0.15, -0.1) is 0 Å². The molecule has 1 rings (SSSR count). The number of hydrogen-bond acceptors (Lipinski definition) is 2. The number of nitrogens with one attached hydrogen (secondary N) is 1. The van der Waals surface area contributed by atoms with Gasteiger partial charge in [0.25, 0.3) is 0 Å². The fourth-order valence-electron chi connectivity index (χ4n) is 4.20. The second-order valence-electron chi connectivity index (χ2n) is 8.00. The van der Waals surface area contributed by atoms with Crippen molar-refractivity contribution in [3.05, 3.63) is 0 Å². The molecule has 1 aliphatic carbocycles. The molecule has 0 aliphatic heterocycles. The van der Waals surface area contributed by atoms with Gasteiger partial charge in [0.05, 0.1) is 0 Å². The van der Waals surface area contributed by atoms with Crippen molar-refractivity contribution in [1.29, 1.82) is 0 Å². The van der Waals surface area contributed by atoms with Crippen LogP contribution in [0.1, 0.15) is 79.6 Å². The van der Waals surface area contributed by atoms with Crippen LogP contribution in [0.4, 0.5) is 0 Å². The van der Waals surface area contributed by atoms with E-state index in [4.69, 9.17) is 5.84 Å². The summed E-state index contributed by atoms with van der Waals surface area (Å²) >= 11 is 0. The minimum absolute atomic E-state index is 0.426. The lowest BCUT2D eigenvalue weighted by Gasteiger charge is -2.38. The van der Waals surface area contributed by atoms with Gasteiger partial charge in [0.2, 0.25) is 0 Å². The topological polar surface area (TPSA) is 38.0 Å². The molecule has 0 aromatic heterocycles. The molecule has 114 valence electrons. The minimum atomic E-state index is 0.426. The molecule has 2 nitrogen and oxygen atoms in total. The zero-order chi connectivity index (χ0) is 14.5. The highest BCUT2D eigenvalue weighted by Crippen LogP contribution is 2.37. The fraction of sp³-hybridized carbons (Fsp3) is 1.00. The first-order valence-electron chi connectivity index (χ1n) is 8.33. The highest BCUT2D eigenvalue weighted by Gasteiger charge is 2.31. The van der Waals surface area contributed by atoms with E-state index in [1.807, 2.05) is 0 Å². The Morgan fingerprint density at radius 3 is 2.37 bits per heavy atom. The maximum Gasteiger partial charge on any atom is 0.0243 e. The van der Waals surface area contributed by atoms with Gasteiger partial charge in [-0.1, -0.05) is 60.3 Å². The summed E-state index contributed by atoms with van der Waals surface area (Å²) in [7, 11) is 0. The van der Waals surface area contributed by atoms with Crippen molar-refractivity contribution in [2.75, 3.05) is 0 Å². The summed E-state index contributed by atoms with van der Waals surface area (Å²) in [6, 6.07) is 0.516. The normalized spacial score (nSPS) is 28.1. The van der Waals surface area contributed by atoms with Crippen molar-refractivity contribution >= 4 is 0 Å². The third-order valence-electron chi connectivity index (χ3n) is 4.84. The van der Waals surface area contributed by atoms with Crippen molar-refractivity contribution in [3.63, 3.8) is 0 Å². The molecule has 0 radical (unpaired) electrons. The van der Waals surface area contributed by atoms with Crippen LogP contribution >= 0.6 is 0 Å². The Morgan fingerprint density at radius 2 is 1.84 bits per heavy atom. The van der Waals surface area contributed by atoms with E-state index in [9.17, 15) is 0 Å². The van der Waals surface area contributed by atoms with Crippen LogP contribution in [0, 0.1) is 23.2 Å². The van der Waals surface area contributed by atoms with E-state index in [-0.39, 0.29) is 0 Å².